The van der Waals surface area contributed by atoms with Crippen LogP contribution in [0.5, 0.6) is 0 Å². The molecule has 0 saturated heterocycles. The smallest absolute Gasteiger partial charge is 0.112 e. The van der Waals surface area contributed by atoms with E-state index in [-0.39, 0.29) is 0 Å². The van der Waals surface area contributed by atoms with Crippen LogP contribution in [0.25, 0.3) is 0 Å². The Bertz CT molecular complexity index is 596. The molecule has 0 fully saturated rings. The molecule has 0 unspecified atom stereocenters. The summed E-state index contributed by atoms with van der Waals surface area (Å²) in [6.45, 7) is 0. The Morgan fingerprint density at radius 2 is 0.955 bits per heavy atom. The predicted molar refractivity (Wildman–Crippen MR) is 66.8 cm³/mol. The Morgan fingerprint density at radius 3 is 1.18 bits per heavy atom. The molecule has 0 saturated carbocycles. The van der Waals surface area contributed by atoms with E-state index in [2.05, 4.69) is 0 Å². The molecular formula is C12H4F6NO2Tl-. The van der Waals surface area contributed by atoms with Crippen molar-refractivity contribution in [2.75, 3.05) is 0 Å². The van der Waals surface area contributed by atoms with Crippen LogP contribution in [0.1, 0.15) is 0 Å². The second kappa shape index (κ2) is 8.10. The molecule has 22 heavy (non-hydrogen) atoms. The minimum Gasteiger partial charge on any atom is -0.444 e. The van der Waals surface area contributed by atoms with E-state index in [9.17, 15) is 26.3 Å². The zero-order valence-corrected chi connectivity index (χ0v) is 14.9. The fourth-order valence-corrected chi connectivity index (χ4v) is 6.09. The van der Waals surface area contributed by atoms with Crippen LogP contribution in [0.2, 0.25) is 0 Å². The number of nitrogens with zero attached hydrogens (tertiary/aromatic N) is 1. The van der Waals surface area contributed by atoms with Crippen LogP contribution >= 0.6 is 0 Å². The van der Waals surface area contributed by atoms with Gasteiger partial charge in [-0.1, -0.05) is 0 Å². The SMILES string of the molecule is Fc1cc(F)[c]([Tl][c]2c(F)cc(F)cc2F)c(F)c1.O=N[O-]. The predicted octanol–water partition coefficient (Wildman–Crippen LogP) is 2.43. The van der Waals surface area contributed by atoms with Crippen LogP contribution in [0, 0.1) is 45.0 Å². The van der Waals surface area contributed by atoms with Gasteiger partial charge in [-0.3, -0.25) is 0 Å². The van der Waals surface area contributed by atoms with Crippen LogP contribution in [0.4, 0.5) is 26.3 Å². The summed E-state index contributed by atoms with van der Waals surface area (Å²) in [5.41, 5.74) is 0. The molecule has 0 radical (unpaired) electrons. The fraction of sp³-hybridized carbons (Fsp3) is 0. The van der Waals surface area contributed by atoms with Crippen molar-refractivity contribution in [1.29, 1.82) is 0 Å². The molecule has 0 aliphatic carbocycles. The van der Waals surface area contributed by atoms with Gasteiger partial charge in [-0.25, -0.2) is 0 Å². The van der Waals surface area contributed by atoms with Crippen molar-refractivity contribution in [2.24, 2.45) is 5.34 Å². The number of benzene rings is 2. The van der Waals surface area contributed by atoms with Gasteiger partial charge >= 0.3 is 116 Å². The molecular weight excluding hydrogens is 509 g/mol. The molecule has 2 aromatic rings. The van der Waals surface area contributed by atoms with Gasteiger partial charge < -0.3 is 10.1 Å². The first-order chi connectivity index (χ1) is 10.3. The number of hydrogen-bond donors (Lipinski definition) is 0. The van der Waals surface area contributed by atoms with E-state index >= 15 is 0 Å². The third-order valence-corrected chi connectivity index (χ3v) is 8.91. The molecule has 0 spiro atoms. The van der Waals surface area contributed by atoms with Crippen molar-refractivity contribution in [1.82, 2.24) is 0 Å². The summed E-state index contributed by atoms with van der Waals surface area (Å²) >= 11 is -2.93. The zero-order chi connectivity index (χ0) is 16.9. The maximum Gasteiger partial charge on any atom is -0.112 e. The standard InChI is InChI=1S/2C6H2F3.HNO2.Tl/c2*7-4-1-5(8)3-6(9)2-4;2-1-3;/h2*1-2H;(H,2,3);/p-1. The molecule has 0 aliphatic rings. The van der Waals surface area contributed by atoms with Crippen molar-refractivity contribution in [3.63, 3.8) is 0 Å². The molecule has 0 aliphatic heterocycles. The van der Waals surface area contributed by atoms with E-state index in [1.54, 1.807) is 0 Å². The van der Waals surface area contributed by atoms with Crippen LogP contribution in [0.15, 0.2) is 29.6 Å². The Balaban J connectivity index is 0.000000745. The number of rotatable bonds is 2. The minimum absolute atomic E-state index is 0.453. The average Bonchev–Trinajstić information content (AvgIpc) is 2.36. The first-order valence-electron chi connectivity index (χ1n) is 5.39. The van der Waals surface area contributed by atoms with E-state index in [0.717, 1.165) is 5.34 Å². The van der Waals surface area contributed by atoms with Crippen molar-refractivity contribution in [3.05, 3.63) is 69.3 Å². The van der Waals surface area contributed by atoms with Crippen molar-refractivity contribution < 1.29 is 26.3 Å². The Kier molecular flexibility index (Phi) is 6.77. The van der Waals surface area contributed by atoms with Gasteiger partial charge in [0.25, 0.3) is 0 Å². The molecule has 0 aromatic heterocycles. The van der Waals surface area contributed by atoms with E-state index < -0.39 is 65.4 Å². The van der Waals surface area contributed by atoms with Gasteiger partial charge in [-0.2, -0.15) is 0 Å². The van der Waals surface area contributed by atoms with Gasteiger partial charge in [0.15, 0.2) is 0 Å². The zero-order valence-electron chi connectivity index (χ0n) is 10.4. The average molecular weight is 513 g/mol. The van der Waals surface area contributed by atoms with Crippen molar-refractivity contribution in [3.8, 4) is 0 Å². The van der Waals surface area contributed by atoms with Gasteiger partial charge in [0.2, 0.25) is 0 Å². The van der Waals surface area contributed by atoms with Gasteiger partial charge in [-0.15, -0.1) is 5.34 Å². The summed E-state index contributed by atoms with van der Waals surface area (Å²) in [7, 11) is 0. The number of hydrogen-bond acceptors (Lipinski definition) is 3. The molecule has 0 N–H and O–H groups in total. The summed E-state index contributed by atoms with van der Waals surface area (Å²) in [6.07, 6.45) is 0. The minimum atomic E-state index is -2.93. The first kappa shape index (κ1) is 18.4. The summed E-state index contributed by atoms with van der Waals surface area (Å²) < 4.78 is 78.0. The summed E-state index contributed by atoms with van der Waals surface area (Å²) in [5.74, 6) is -6.90. The largest absolute Gasteiger partial charge is 0.444 e. The third-order valence-electron chi connectivity index (χ3n) is 2.38. The summed E-state index contributed by atoms with van der Waals surface area (Å²) in [4.78, 5) is 8.00. The molecule has 0 bridgehead atoms. The topological polar surface area (TPSA) is 52.5 Å². The summed E-state index contributed by atoms with van der Waals surface area (Å²) in [6, 6.07) is 1.81. The third kappa shape index (κ3) is 4.68. The second-order valence-corrected chi connectivity index (χ2v) is 9.40. The van der Waals surface area contributed by atoms with E-state index in [0.29, 0.717) is 24.3 Å². The maximum atomic E-state index is 13.4. The van der Waals surface area contributed by atoms with E-state index in [1.807, 2.05) is 0 Å². The van der Waals surface area contributed by atoms with Crippen LogP contribution in [-0.2, 0) is 0 Å². The molecule has 10 heteroatoms. The first-order valence-corrected chi connectivity index (χ1v) is 9.87. The molecule has 0 amide bonds. The normalized spacial score (nSPS) is 9.55. The van der Waals surface area contributed by atoms with E-state index in [4.69, 9.17) is 10.1 Å². The quantitative estimate of drug-likeness (QED) is 0.269. The number of halogens is 6. The van der Waals surface area contributed by atoms with Crippen LogP contribution in [0.3, 0.4) is 0 Å². The van der Waals surface area contributed by atoms with E-state index in [1.165, 1.54) is 0 Å². The molecule has 0 atom stereocenters. The monoisotopic (exact) mass is 513 g/mol. The van der Waals surface area contributed by atoms with Gasteiger partial charge in [0.1, 0.15) is 0 Å². The summed E-state index contributed by atoms with van der Waals surface area (Å²) in [5, 5.41) is 9.00. The molecule has 2 aromatic carbocycles. The van der Waals surface area contributed by atoms with Crippen LogP contribution < -0.4 is 6.25 Å². The van der Waals surface area contributed by atoms with Crippen LogP contribution in [-0.4, -0.2) is 24.2 Å². The Labute approximate surface area is 131 Å². The molecule has 0 heterocycles. The maximum absolute atomic E-state index is 13.4. The molecule has 3 nitrogen and oxygen atoms in total. The Hall–Kier alpha value is -1.66. The van der Waals surface area contributed by atoms with Crippen molar-refractivity contribution >= 4 is 30.5 Å². The van der Waals surface area contributed by atoms with Gasteiger partial charge in [-0.05, 0) is 0 Å². The Morgan fingerprint density at radius 1 is 0.727 bits per heavy atom. The molecule has 2 rings (SSSR count). The second-order valence-electron chi connectivity index (χ2n) is 3.79. The molecule has 115 valence electrons. The fourth-order valence-electron chi connectivity index (χ4n) is 1.53. The van der Waals surface area contributed by atoms with Crippen molar-refractivity contribution in [2.45, 2.75) is 0 Å². The van der Waals surface area contributed by atoms with Gasteiger partial charge in [0.05, 0.1) is 0 Å². The van der Waals surface area contributed by atoms with Gasteiger partial charge in [0, 0.05) is 0 Å².